The van der Waals surface area contributed by atoms with E-state index in [0.717, 1.165) is 10.9 Å². The van der Waals surface area contributed by atoms with E-state index in [9.17, 15) is 8.78 Å². The molecule has 0 aromatic carbocycles. The first-order valence-corrected chi connectivity index (χ1v) is 6.93. The number of hydrogen-bond donors (Lipinski definition) is 1. The number of nitrogens with two attached hydrogens (primary N) is 1. The summed E-state index contributed by atoms with van der Waals surface area (Å²) in [7, 11) is 5.70. The fourth-order valence-electron chi connectivity index (χ4n) is 2.18. The van der Waals surface area contributed by atoms with Crippen LogP contribution in [-0.2, 0) is 0 Å². The SMILES string of the molecule is [B]C1=NC(C(N)CC2=CC(F)CC(F)=C2)=C(Br)CC1. The number of hydrogen-bond acceptors (Lipinski definition) is 2. The fourth-order valence-corrected chi connectivity index (χ4v) is 2.77. The largest absolute Gasteiger partial charge is 0.322 e. The van der Waals surface area contributed by atoms with Gasteiger partial charge in [-0.25, -0.2) is 8.78 Å². The Balaban J connectivity index is 2.12. The van der Waals surface area contributed by atoms with Gasteiger partial charge in [0.2, 0.25) is 0 Å². The lowest BCUT2D eigenvalue weighted by Crippen LogP contribution is -2.26. The Hall–Kier alpha value is -0.745. The van der Waals surface area contributed by atoms with Gasteiger partial charge in [0.25, 0.3) is 0 Å². The molecule has 2 aliphatic rings. The molecule has 2 atom stereocenters. The molecule has 0 saturated carbocycles. The van der Waals surface area contributed by atoms with Gasteiger partial charge in [-0.3, -0.25) is 4.99 Å². The van der Waals surface area contributed by atoms with E-state index in [1.165, 1.54) is 12.2 Å². The monoisotopic (exact) mass is 326 g/mol. The molecule has 0 amide bonds. The molecule has 100 valence electrons. The number of alkyl halides is 1. The minimum Gasteiger partial charge on any atom is -0.322 e. The molecule has 0 aromatic heterocycles. The fraction of sp³-hybridized carbons (Fsp3) is 0.462. The molecular formula is C13H14BBrF2N2. The van der Waals surface area contributed by atoms with E-state index in [4.69, 9.17) is 13.6 Å². The molecule has 1 aliphatic carbocycles. The Kier molecular flexibility index (Phi) is 4.74. The second-order valence-corrected chi connectivity index (χ2v) is 5.71. The zero-order chi connectivity index (χ0) is 14.0. The minimum atomic E-state index is -1.27. The summed E-state index contributed by atoms with van der Waals surface area (Å²) in [5, 5.41) is 0. The summed E-state index contributed by atoms with van der Waals surface area (Å²) in [6.45, 7) is 0. The Bertz CT molecular complexity index is 497. The third-order valence-corrected chi connectivity index (χ3v) is 3.88. The molecule has 0 spiro atoms. The quantitative estimate of drug-likeness (QED) is 0.795. The lowest BCUT2D eigenvalue weighted by Gasteiger charge is -2.21. The second kappa shape index (κ2) is 6.14. The van der Waals surface area contributed by atoms with Gasteiger partial charge in [0.15, 0.2) is 0 Å². The van der Waals surface area contributed by atoms with Gasteiger partial charge in [-0.1, -0.05) is 15.9 Å². The molecule has 0 bridgehead atoms. The highest BCUT2D eigenvalue weighted by molar-refractivity contribution is 9.11. The topological polar surface area (TPSA) is 38.4 Å². The van der Waals surface area contributed by atoms with Crippen molar-refractivity contribution in [2.45, 2.75) is 37.9 Å². The summed E-state index contributed by atoms with van der Waals surface area (Å²) < 4.78 is 27.3. The van der Waals surface area contributed by atoms with Crippen molar-refractivity contribution in [3.05, 3.63) is 33.7 Å². The van der Waals surface area contributed by atoms with Crippen LogP contribution in [-0.4, -0.2) is 25.7 Å². The highest BCUT2D eigenvalue weighted by Crippen LogP contribution is 2.30. The number of nitrogens with zero attached hydrogens (tertiary/aromatic N) is 1. The average Bonchev–Trinajstić information content (AvgIpc) is 2.30. The lowest BCUT2D eigenvalue weighted by atomic mass is 9.91. The van der Waals surface area contributed by atoms with Crippen molar-refractivity contribution in [1.82, 2.24) is 0 Å². The first-order valence-electron chi connectivity index (χ1n) is 6.13. The molecular weight excluding hydrogens is 313 g/mol. The van der Waals surface area contributed by atoms with Crippen molar-refractivity contribution >= 4 is 29.4 Å². The maximum atomic E-state index is 13.2. The van der Waals surface area contributed by atoms with Crippen LogP contribution in [0.15, 0.2) is 38.7 Å². The zero-order valence-corrected chi connectivity index (χ0v) is 12.0. The van der Waals surface area contributed by atoms with Crippen molar-refractivity contribution < 1.29 is 8.78 Å². The lowest BCUT2D eigenvalue weighted by molar-refractivity contribution is 0.366. The maximum Gasteiger partial charge on any atom is 0.135 e. The van der Waals surface area contributed by atoms with Gasteiger partial charge in [-0.15, -0.1) is 0 Å². The third-order valence-electron chi connectivity index (χ3n) is 3.08. The predicted octanol–water partition coefficient (Wildman–Crippen LogP) is 3.19. The second-order valence-electron chi connectivity index (χ2n) is 4.76. The average molecular weight is 327 g/mol. The van der Waals surface area contributed by atoms with Gasteiger partial charge in [0, 0.05) is 10.9 Å². The summed E-state index contributed by atoms with van der Waals surface area (Å²) in [4.78, 5) is 4.23. The Labute approximate surface area is 121 Å². The van der Waals surface area contributed by atoms with E-state index < -0.39 is 18.0 Å². The van der Waals surface area contributed by atoms with E-state index in [-0.39, 0.29) is 6.42 Å². The molecule has 0 saturated heterocycles. The van der Waals surface area contributed by atoms with Gasteiger partial charge in [0.05, 0.1) is 11.7 Å². The van der Waals surface area contributed by atoms with Crippen LogP contribution in [0.25, 0.3) is 0 Å². The van der Waals surface area contributed by atoms with E-state index in [0.29, 0.717) is 29.7 Å². The van der Waals surface area contributed by atoms with Gasteiger partial charge < -0.3 is 5.73 Å². The molecule has 2 radical (unpaired) electrons. The van der Waals surface area contributed by atoms with E-state index in [1.807, 2.05) is 0 Å². The minimum absolute atomic E-state index is 0.184. The smallest absolute Gasteiger partial charge is 0.135 e. The van der Waals surface area contributed by atoms with Crippen LogP contribution in [0.3, 0.4) is 0 Å². The Morgan fingerprint density at radius 1 is 1.53 bits per heavy atom. The summed E-state index contributed by atoms with van der Waals surface area (Å²) in [6.07, 6.45) is 3.09. The van der Waals surface area contributed by atoms with Crippen LogP contribution in [0.4, 0.5) is 8.78 Å². The highest BCUT2D eigenvalue weighted by Gasteiger charge is 2.20. The molecule has 1 heterocycles. The van der Waals surface area contributed by atoms with Crippen molar-refractivity contribution in [2.75, 3.05) is 0 Å². The summed E-state index contributed by atoms with van der Waals surface area (Å²) in [5.74, 6) is -0.447. The van der Waals surface area contributed by atoms with Gasteiger partial charge in [0.1, 0.15) is 19.8 Å². The van der Waals surface area contributed by atoms with Gasteiger partial charge in [-0.2, -0.15) is 0 Å². The summed E-state index contributed by atoms with van der Waals surface area (Å²) in [5.41, 5.74) is 7.83. The molecule has 2 N–H and O–H groups in total. The van der Waals surface area contributed by atoms with Crippen LogP contribution >= 0.6 is 15.9 Å². The summed E-state index contributed by atoms with van der Waals surface area (Å²) in [6, 6.07) is -0.422. The van der Waals surface area contributed by atoms with E-state index >= 15 is 0 Å². The van der Waals surface area contributed by atoms with Crippen LogP contribution < -0.4 is 5.73 Å². The van der Waals surface area contributed by atoms with Crippen molar-refractivity contribution in [3.8, 4) is 0 Å². The van der Waals surface area contributed by atoms with Crippen LogP contribution in [0.2, 0.25) is 0 Å². The van der Waals surface area contributed by atoms with E-state index in [1.54, 1.807) is 0 Å². The van der Waals surface area contributed by atoms with E-state index in [2.05, 4.69) is 20.9 Å². The van der Waals surface area contributed by atoms with Crippen LogP contribution in [0.5, 0.6) is 0 Å². The molecule has 2 nitrogen and oxygen atoms in total. The number of aliphatic imine (C=N–C) groups is 1. The molecule has 2 unspecified atom stereocenters. The first-order chi connectivity index (χ1) is 8.95. The Morgan fingerprint density at radius 2 is 2.26 bits per heavy atom. The van der Waals surface area contributed by atoms with Crippen molar-refractivity contribution in [1.29, 1.82) is 0 Å². The van der Waals surface area contributed by atoms with Crippen molar-refractivity contribution in [2.24, 2.45) is 10.7 Å². The maximum absolute atomic E-state index is 13.2. The highest BCUT2D eigenvalue weighted by atomic mass is 79.9. The molecule has 0 fully saturated rings. The van der Waals surface area contributed by atoms with Gasteiger partial charge in [-0.05, 0) is 42.6 Å². The third kappa shape index (κ3) is 3.86. The first kappa shape index (κ1) is 14.7. The predicted molar refractivity (Wildman–Crippen MR) is 77.8 cm³/mol. The molecule has 1 aliphatic heterocycles. The van der Waals surface area contributed by atoms with Gasteiger partial charge >= 0.3 is 0 Å². The number of halogens is 3. The molecule has 19 heavy (non-hydrogen) atoms. The van der Waals surface area contributed by atoms with Crippen LogP contribution in [0, 0.1) is 0 Å². The normalized spacial score (nSPS) is 25.7. The van der Waals surface area contributed by atoms with Crippen LogP contribution in [0.1, 0.15) is 25.7 Å². The zero-order valence-electron chi connectivity index (χ0n) is 10.4. The molecule has 6 heteroatoms. The number of rotatable bonds is 3. The molecule has 2 rings (SSSR count). The molecule has 0 aromatic rings. The number of allylic oxidation sites excluding steroid dienone is 4. The summed E-state index contributed by atoms with van der Waals surface area (Å²) >= 11 is 3.43. The van der Waals surface area contributed by atoms with Crippen molar-refractivity contribution in [3.63, 3.8) is 0 Å². The standard InChI is InChI=1S/C13H14BBrF2N2/c14-12-2-1-10(15)13(19-12)11(18)5-7-3-8(16)6-9(17)4-7/h3-4,8,11H,1-2,5-6,18H2. The Morgan fingerprint density at radius 3 is 2.95 bits per heavy atom.